The fourth-order valence-electron chi connectivity index (χ4n) is 4.12. The molecule has 0 saturated carbocycles. The molecule has 0 spiro atoms. The highest BCUT2D eigenvalue weighted by molar-refractivity contribution is 6.31. The minimum atomic E-state index is -0.600. The molecule has 0 fully saturated rings. The van der Waals surface area contributed by atoms with Gasteiger partial charge in [0.2, 0.25) is 0 Å². The molecule has 1 aromatic heterocycles. The second kappa shape index (κ2) is 9.04. The van der Waals surface area contributed by atoms with Gasteiger partial charge >= 0.3 is 6.03 Å². The highest BCUT2D eigenvalue weighted by atomic mass is 35.5. The number of nitrogens with one attached hydrogen (secondary N) is 1. The van der Waals surface area contributed by atoms with E-state index in [0.29, 0.717) is 34.7 Å². The molecule has 0 bridgehead atoms. The molecule has 1 aliphatic rings. The second-order valence-corrected chi connectivity index (χ2v) is 9.89. The van der Waals surface area contributed by atoms with Crippen molar-refractivity contribution >= 4 is 29.2 Å². The van der Waals surface area contributed by atoms with Gasteiger partial charge in [0, 0.05) is 17.8 Å². The van der Waals surface area contributed by atoms with Crippen LogP contribution >= 0.6 is 11.6 Å². The van der Waals surface area contributed by atoms with E-state index in [1.54, 1.807) is 28.9 Å². The summed E-state index contributed by atoms with van der Waals surface area (Å²) in [6.45, 7) is 6.45. The fourth-order valence-corrected chi connectivity index (χ4v) is 4.30. The van der Waals surface area contributed by atoms with Gasteiger partial charge in [0.15, 0.2) is 0 Å². The lowest BCUT2D eigenvalue weighted by atomic mass is 9.85. The highest BCUT2D eigenvalue weighted by Crippen LogP contribution is 2.39. The standard InChI is InChI=1S/C25H24ClFN6O2/c1-25(2,3)20-13-32(24(29)35)12-19-21(23(34)30-16-7-4-14(11-28)5-8-16)22(31-33(19)20)15-6-9-18(27)17(26)10-15/h4-10,20H,12-13H2,1-3H3,(H2,29,35)(H,30,34). The van der Waals surface area contributed by atoms with Gasteiger partial charge in [-0.25, -0.2) is 9.18 Å². The van der Waals surface area contributed by atoms with Crippen molar-refractivity contribution in [3.05, 3.63) is 70.1 Å². The Kier molecular flexibility index (Phi) is 6.26. The summed E-state index contributed by atoms with van der Waals surface area (Å²) in [4.78, 5) is 27.2. The van der Waals surface area contributed by atoms with Gasteiger partial charge in [-0.1, -0.05) is 32.4 Å². The van der Waals surface area contributed by atoms with E-state index < -0.39 is 17.8 Å². The molecule has 0 saturated heterocycles. The average molecular weight is 495 g/mol. The molecule has 3 aromatic rings. The zero-order valence-electron chi connectivity index (χ0n) is 19.5. The molecule has 2 aromatic carbocycles. The van der Waals surface area contributed by atoms with Crippen LogP contribution in [0.4, 0.5) is 14.9 Å². The van der Waals surface area contributed by atoms with Crippen LogP contribution in [0.1, 0.15) is 48.4 Å². The number of anilines is 1. The number of fused-ring (bicyclic) bond motifs is 1. The number of urea groups is 1. The predicted molar refractivity (Wildman–Crippen MR) is 130 cm³/mol. The van der Waals surface area contributed by atoms with E-state index in [0.717, 1.165) is 0 Å². The van der Waals surface area contributed by atoms with E-state index in [2.05, 4.69) is 5.32 Å². The molecule has 1 atom stereocenters. The minimum absolute atomic E-state index is 0.0833. The molecule has 3 N–H and O–H groups in total. The molecule has 0 aliphatic carbocycles. The monoisotopic (exact) mass is 494 g/mol. The third kappa shape index (κ3) is 4.70. The number of halogens is 2. The molecular formula is C25H24ClFN6O2. The van der Waals surface area contributed by atoms with E-state index in [4.69, 9.17) is 27.7 Å². The topological polar surface area (TPSA) is 117 Å². The summed E-state index contributed by atoms with van der Waals surface area (Å²) in [5, 5.41) is 16.5. The molecule has 35 heavy (non-hydrogen) atoms. The lowest BCUT2D eigenvalue weighted by molar-refractivity contribution is 0.101. The molecule has 1 unspecified atom stereocenters. The van der Waals surface area contributed by atoms with Crippen LogP contribution in [0.5, 0.6) is 0 Å². The van der Waals surface area contributed by atoms with Crippen molar-refractivity contribution in [2.75, 3.05) is 11.9 Å². The largest absolute Gasteiger partial charge is 0.351 e. The van der Waals surface area contributed by atoms with Gasteiger partial charge in [0.25, 0.3) is 5.91 Å². The Bertz CT molecular complexity index is 1350. The first-order valence-electron chi connectivity index (χ1n) is 10.9. The van der Waals surface area contributed by atoms with Gasteiger partial charge in [-0.3, -0.25) is 9.48 Å². The van der Waals surface area contributed by atoms with Crippen molar-refractivity contribution in [1.82, 2.24) is 14.7 Å². The average Bonchev–Trinajstić information content (AvgIpc) is 3.19. The van der Waals surface area contributed by atoms with E-state index in [1.165, 1.54) is 23.1 Å². The molecule has 2 heterocycles. The zero-order chi connectivity index (χ0) is 25.5. The number of nitrogens with zero attached hydrogens (tertiary/aromatic N) is 4. The van der Waals surface area contributed by atoms with Crippen molar-refractivity contribution in [3.63, 3.8) is 0 Å². The summed E-state index contributed by atoms with van der Waals surface area (Å²) in [5.74, 6) is -1.05. The lowest BCUT2D eigenvalue weighted by Crippen LogP contribution is -2.47. The lowest BCUT2D eigenvalue weighted by Gasteiger charge is -2.40. The number of carbonyl (C=O) groups excluding carboxylic acids is 2. The Morgan fingerprint density at radius 3 is 2.49 bits per heavy atom. The maximum atomic E-state index is 13.9. The summed E-state index contributed by atoms with van der Waals surface area (Å²) in [7, 11) is 0. The van der Waals surface area contributed by atoms with Crippen LogP contribution in [0.15, 0.2) is 42.5 Å². The molecule has 3 amide bonds. The first kappa shape index (κ1) is 24.2. The summed E-state index contributed by atoms with van der Waals surface area (Å²) < 4.78 is 15.7. The minimum Gasteiger partial charge on any atom is -0.351 e. The van der Waals surface area contributed by atoms with Gasteiger partial charge in [-0.15, -0.1) is 0 Å². The third-order valence-corrected chi connectivity index (χ3v) is 6.33. The molecule has 1 aliphatic heterocycles. The van der Waals surface area contributed by atoms with Crippen molar-refractivity contribution in [3.8, 4) is 17.3 Å². The van der Waals surface area contributed by atoms with Gasteiger partial charge in [-0.05, 0) is 47.9 Å². The first-order valence-corrected chi connectivity index (χ1v) is 11.3. The zero-order valence-corrected chi connectivity index (χ0v) is 20.2. The number of rotatable bonds is 3. The SMILES string of the molecule is CC(C)(C)C1CN(C(N)=O)Cc2c(C(=O)Nc3ccc(C#N)cc3)c(-c3ccc(F)c(Cl)c3)nn21. The first-order chi connectivity index (χ1) is 16.5. The molecular weight excluding hydrogens is 471 g/mol. The molecule has 4 rings (SSSR count). The normalized spacial score (nSPS) is 15.3. The van der Waals surface area contributed by atoms with Crippen molar-refractivity contribution in [2.45, 2.75) is 33.4 Å². The van der Waals surface area contributed by atoms with Crippen LogP contribution in [0, 0.1) is 22.6 Å². The number of aromatic nitrogens is 2. The Hall–Kier alpha value is -3.90. The van der Waals surface area contributed by atoms with E-state index in [1.807, 2.05) is 26.8 Å². The number of nitriles is 1. The number of hydrogen-bond acceptors (Lipinski definition) is 4. The van der Waals surface area contributed by atoms with Crippen molar-refractivity contribution in [2.24, 2.45) is 11.1 Å². The smallest absolute Gasteiger partial charge is 0.315 e. The van der Waals surface area contributed by atoms with Crippen molar-refractivity contribution < 1.29 is 14.0 Å². The number of nitrogens with two attached hydrogens (primary N) is 1. The Morgan fingerprint density at radius 1 is 1.23 bits per heavy atom. The predicted octanol–water partition coefficient (Wildman–Crippen LogP) is 4.95. The summed E-state index contributed by atoms with van der Waals surface area (Å²) in [5.41, 5.74) is 7.76. The number of carbonyl (C=O) groups is 2. The van der Waals surface area contributed by atoms with Crippen LogP contribution in [0.25, 0.3) is 11.3 Å². The van der Waals surface area contributed by atoms with Crippen LogP contribution in [-0.4, -0.2) is 33.2 Å². The Morgan fingerprint density at radius 2 is 1.91 bits per heavy atom. The summed E-state index contributed by atoms with van der Waals surface area (Å²) in [6, 6.07) is 11.7. The van der Waals surface area contributed by atoms with Crippen LogP contribution in [0.2, 0.25) is 5.02 Å². The molecule has 10 heteroatoms. The number of benzene rings is 2. The molecule has 0 radical (unpaired) electrons. The Labute approximate surface area is 207 Å². The van der Waals surface area contributed by atoms with Gasteiger partial charge in [-0.2, -0.15) is 10.4 Å². The van der Waals surface area contributed by atoms with E-state index in [9.17, 15) is 14.0 Å². The van der Waals surface area contributed by atoms with Gasteiger partial charge in [0.05, 0.1) is 40.5 Å². The van der Waals surface area contributed by atoms with Crippen LogP contribution < -0.4 is 11.1 Å². The van der Waals surface area contributed by atoms with E-state index >= 15 is 0 Å². The fraction of sp³-hybridized carbons (Fsp3) is 0.280. The van der Waals surface area contributed by atoms with Crippen LogP contribution in [-0.2, 0) is 6.54 Å². The van der Waals surface area contributed by atoms with Crippen molar-refractivity contribution in [1.29, 1.82) is 5.26 Å². The third-order valence-electron chi connectivity index (χ3n) is 6.04. The quantitative estimate of drug-likeness (QED) is 0.535. The van der Waals surface area contributed by atoms with Gasteiger partial charge < -0.3 is 16.0 Å². The maximum absolute atomic E-state index is 13.9. The summed E-state index contributed by atoms with van der Waals surface area (Å²) in [6.07, 6.45) is 0. The van der Waals surface area contributed by atoms with Crippen LogP contribution in [0.3, 0.4) is 0 Å². The number of hydrogen-bond donors (Lipinski definition) is 2. The number of primary amides is 1. The maximum Gasteiger partial charge on any atom is 0.315 e. The second-order valence-electron chi connectivity index (χ2n) is 9.49. The molecule has 180 valence electrons. The number of amides is 3. The highest BCUT2D eigenvalue weighted by Gasteiger charge is 2.39. The molecule has 8 nitrogen and oxygen atoms in total. The summed E-state index contributed by atoms with van der Waals surface area (Å²) >= 11 is 6.04. The van der Waals surface area contributed by atoms with E-state index in [-0.39, 0.29) is 28.6 Å². The van der Waals surface area contributed by atoms with Gasteiger partial charge in [0.1, 0.15) is 11.5 Å². The Balaban J connectivity index is 1.89.